The van der Waals surface area contributed by atoms with E-state index in [9.17, 15) is 13.2 Å². The van der Waals surface area contributed by atoms with Crippen LogP contribution in [-0.2, 0) is 14.8 Å². The number of benzene rings is 2. The van der Waals surface area contributed by atoms with Gasteiger partial charge in [0.25, 0.3) is 0 Å². The molecule has 0 aromatic heterocycles. The Morgan fingerprint density at radius 3 is 2.61 bits per heavy atom. The maximum atomic E-state index is 13.3. The number of methoxy groups -OCH3 is 1. The molecule has 2 aromatic carbocycles. The van der Waals surface area contributed by atoms with Crippen molar-refractivity contribution >= 4 is 15.9 Å². The number of amides is 1. The van der Waals surface area contributed by atoms with E-state index in [1.165, 1.54) is 4.31 Å². The molecule has 2 heterocycles. The number of rotatable bonds is 5. The monoisotopic (exact) mass is 472 g/mol. The highest BCUT2D eigenvalue weighted by Gasteiger charge is 2.38. The Hall–Kier alpha value is -2.58. The first kappa shape index (κ1) is 23.6. The first-order chi connectivity index (χ1) is 15.6. The number of fused-ring (bicyclic) bond motifs is 1. The molecule has 0 saturated carbocycles. The minimum atomic E-state index is -3.64. The standard InChI is InChI=1S/C25H32N2O5S/c1-17-7-10-20(11-8-17)33(29,30)27-13-5-6-18(16-27)24(28)26-22-15-25(2,3)32-23-12-9-19(31-4)14-21(22)23/h7-12,14,18,22H,5-6,13,15-16H2,1-4H3,(H,26,28)/t18-,22+/m0/s1. The molecule has 178 valence electrons. The predicted octanol–water partition coefficient (Wildman–Crippen LogP) is 3.82. The molecule has 8 heteroatoms. The van der Waals surface area contributed by atoms with E-state index in [4.69, 9.17) is 9.47 Å². The Balaban J connectivity index is 1.51. The van der Waals surface area contributed by atoms with E-state index < -0.39 is 21.5 Å². The zero-order valence-electron chi connectivity index (χ0n) is 19.6. The minimum Gasteiger partial charge on any atom is -0.497 e. The molecule has 1 N–H and O–H groups in total. The van der Waals surface area contributed by atoms with Crippen molar-refractivity contribution in [2.45, 2.75) is 56.6 Å². The van der Waals surface area contributed by atoms with Gasteiger partial charge in [0.15, 0.2) is 0 Å². The second-order valence-electron chi connectivity index (χ2n) is 9.55. The van der Waals surface area contributed by atoms with Gasteiger partial charge in [0, 0.05) is 25.1 Å². The van der Waals surface area contributed by atoms with Crippen molar-refractivity contribution in [1.29, 1.82) is 0 Å². The van der Waals surface area contributed by atoms with Crippen molar-refractivity contribution < 1.29 is 22.7 Å². The molecular weight excluding hydrogens is 440 g/mol. The van der Waals surface area contributed by atoms with E-state index in [0.717, 1.165) is 16.9 Å². The van der Waals surface area contributed by atoms with E-state index in [0.29, 0.717) is 31.6 Å². The largest absolute Gasteiger partial charge is 0.497 e. The lowest BCUT2D eigenvalue weighted by Crippen LogP contribution is -2.48. The zero-order chi connectivity index (χ0) is 23.8. The van der Waals surface area contributed by atoms with Crippen LogP contribution in [0.3, 0.4) is 0 Å². The molecule has 1 fully saturated rings. The zero-order valence-corrected chi connectivity index (χ0v) is 20.4. The summed E-state index contributed by atoms with van der Waals surface area (Å²) in [6, 6.07) is 12.2. The average molecular weight is 473 g/mol. The third-order valence-corrected chi connectivity index (χ3v) is 8.28. The minimum absolute atomic E-state index is 0.129. The second-order valence-corrected chi connectivity index (χ2v) is 11.5. The van der Waals surface area contributed by atoms with Gasteiger partial charge in [-0.2, -0.15) is 4.31 Å². The van der Waals surface area contributed by atoms with Crippen molar-refractivity contribution in [2.24, 2.45) is 5.92 Å². The fourth-order valence-corrected chi connectivity index (χ4v) is 6.14. The first-order valence-corrected chi connectivity index (χ1v) is 12.8. The molecule has 2 aromatic rings. The maximum absolute atomic E-state index is 13.3. The average Bonchev–Trinajstić information content (AvgIpc) is 2.78. The van der Waals surface area contributed by atoms with E-state index in [-0.39, 0.29) is 23.4 Å². The molecule has 2 aliphatic heterocycles. The van der Waals surface area contributed by atoms with E-state index in [1.807, 2.05) is 39.0 Å². The number of carbonyl (C=O) groups excluding carboxylic acids is 1. The van der Waals surface area contributed by atoms with Crippen molar-refractivity contribution in [3.8, 4) is 11.5 Å². The summed E-state index contributed by atoms with van der Waals surface area (Å²) >= 11 is 0. The van der Waals surface area contributed by atoms with Gasteiger partial charge >= 0.3 is 0 Å². The van der Waals surface area contributed by atoms with Gasteiger partial charge in [-0.25, -0.2) is 8.42 Å². The van der Waals surface area contributed by atoms with Crippen LogP contribution in [-0.4, -0.2) is 44.4 Å². The number of carbonyl (C=O) groups is 1. The summed E-state index contributed by atoms with van der Waals surface area (Å²) in [6.07, 6.45) is 1.91. The van der Waals surface area contributed by atoms with Gasteiger partial charge in [0.1, 0.15) is 17.1 Å². The molecule has 0 spiro atoms. The lowest BCUT2D eigenvalue weighted by Gasteiger charge is -2.39. The third-order valence-electron chi connectivity index (χ3n) is 6.40. The summed E-state index contributed by atoms with van der Waals surface area (Å²) in [5.74, 6) is 0.892. The number of nitrogens with zero attached hydrogens (tertiary/aromatic N) is 1. The van der Waals surface area contributed by atoms with E-state index in [1.54, 1.807) is 31.4 Å². The Kier molecular flexibility index (Phi) is 6.42. The molecule has 7 nitrogen and oxygen atoms in total. The van der Waals surface area contributed by atoms with Crippen molar-refractivity contribution in [1.82, 2.24) is 9.62 Å². The fraction of sp³-hybridized carbons (Fsp3) is 0.480. The first-order valence-electron chi connectivity index (χ1n) is 11.3. The predicted molar refractivity (Wildman–Crippen MR) is 126 cm³/mol. The van der Waals surface area contributed by atoms with Gasteiger partial charge < -0.3 is 14.8 Å². The molecule has 0 bridgehead atoms. The molecule has 33 heavy (non-hydrogen) atoms. The second kappa shape index (κ2) is 8.99. The van der Waals surface area contributed by atoms with Crippen LogP contribution in [0.1, 0.15) is 50.3 Å². The van der Waals surface area contributed by atoms with Crippen LogP contribution in [0.2, 0.25) is 0 Å². The van der Waals surface area contributed by atoms with Gasteiger partial charge in [-0.3, -0.25) is 4.79 Å². The maximum Gasteiger partial charge on any atom is 0.243 e. The van der Waals surface area contributed by atoms with E-state index >= 15 is 0 Å². The topological polar surface area (TPSA) is 84.9 Å². The van der Waals surface area contributed by atoms with Crippen LogP contribution in [0.5, 0.6) is 11.5 Å². The van der Waals surface area contributed by atoms with Crippen LogP contribution in [0, 0.1) is 12.8 Å². The molecule has 4 rings (SSSR count). The Morgan fingerprint density at radius 2 is 1.91 bits per heavy atom. The number of hydrogen-bond acceptors (Lipinski definition) is 5. The summed E-state index contributed by atoms with van der Waals surface area (Å²) in [5, 5.41) is 3.17. The Bertz CT molecular complexity index is 1130. The van der Waals surface area contributed by atoms with Crippen LogP contribution in [0.15, 0.2) is 47.4 Å². The van der Waals surface area contributed by atoms with Crippen molar-refractivity contribution in [3.63, 3.8) is 0 Å². The highest BCUT2D eigenvalue weighted by Crippen LogP contribution is 2.41. The van der Waals surface area contributed by atoms with Crippen LogP contribution >= 0.6 is 0 Å². The summed E-state index contributed by atoms with van der Waals surface area (Å²) in [4.78, 5) is 13.6. The summed E-state index contributed by atoms with van der Waals surface area (Å²) in [6.45, 7) is 6.51. The highest BCUT2D eigenvalue weighted by molar-refractivity contribution is 7.89. The van der Waals surface area contributed by atoms with Crippen LogP contribution < -0.4 is 14.8 Å². The van der Waals surface area contributed by atoms with Crippen molar-refractivity contribution in [3.05, 3.63) is 53.6 Å². The molecule has 0 radical (unpaired) electrons. The summed E-state index contributed by atoms with van der Waals surface area (Å²) < 4.78 is 39.2. The number of ether oxygens (including phenoxy) is 2. The SMILES string of the molecule is COc1ccc2c(c1)[C@H](NC(=O)[C@H]1CCCN(S(=O)(=O)c3ccc(C)cc3)C1)CC(C)(C)O2. The number of nitrogens with one attached hydrogen (secondary N) is 1. The van der Waals surface area contributed by atoms with Gasteiger partial charge in [0.05, 0.1) is 24.0 Å². The number of hydrogen-bond donors (Lipinski definition) is 1. The van der Waals surface area contributed by atoms with E-state index in [2.05, 4.69) is 5.32 Å². The smallest absolute Gasteiger partial charge is 0.243 e. The molecule has 1 saturated heterocycles. The van der Waals surface area contributed by atoms with Gasteiger partial charge in [-0.1, -0.05) is 17.7 Å². The number of piperidine rings is 1. The van der Waals surface area contributed by atoms with Crippen LogP contribution in [0.25, 0.3) is 0 Å². The van der Waals surface area contributed by atoms with Gasteiger partial charge in [0.2, 0.25) is 15.9 Å². The molecule has 0 unspecified atom stereocenters. The lowest BCUT2D eigenvalue weighted by atomic mass is 9.88. The quantitative estimate of drug-likeness (QED) is 0.715. The normalized spacial score (nSPS) is 22.7. The van der Waals surface area contributed by atoms with Gasteiger partial charge in [-0.05, 0) is 63.9 Å². The summed E-state index contributed by atoms with van der Waals surface area (Å²) in [7, 11) is -2.03. The summed E-state index contributed by atoms with van der Waals surface area (Å²) in [5.41, 5.74) is 1.44. The lowest BCUT2D eigenvalue weighted by molar-refractivity contribution is -0.127. The third kappa shape index (κ3) is 5.01. The Morgan fingerprint density at radius 1 is 1.18 bits per heavy atom. The Labute approximate surface area is 196 Å². The molecule has 2 aliphatic rings. The fourth-order valence-electron chi connectivity index (χ4n) is 4.61. The molecule has 0 aliphatic carbocycles. The molecular formula is C25H32N2O5S. The molecule has 1 amide bonds. The van der Waals surface area contributed by atoms with Crippen molar-refractivity contribution in [2.75, 3.05) is 20.2 Å². The molecule has 2 atom stereocenters. The highest BCUT2D eigenvalue weighted by atomic mass is 32.2. The number of aryl methyl sites for hydroxylation is 1. The number of sulfonamides is 1. The van der Waals surface area contributed by atoms with Crippen LogP contribution in [0.4, 0.5) is 0 Å². The van der Waals surface area contributed by atoms with Gasteiger partial charge in [-0.15, -0.1) is 0 Å².